The summed E-state index contributed by atoms with van der Waals surface area (Å²) in [5.74, 6) is 3.61. The second-order valence-corrected chi connectivity index (χ2v) is 3.73. The molecule has 1 aliphatic rings. The van der Waals surface area contributed by atoms with Gasteiger partial charge in [0.15, 0.2) is 6.29 Å². The van der Waals surface area contributed by atoms with Gasteiger partial charge >= 0.3 is 5.97 Å². The maximum Gasteiger partial charge on any atom is 0.381 e. The van der Waals surface area contributed by atoms with Crippen molar-refractivity contribution in [3.8, 4) is 11.8 Å². The predicted molar refractivity (Wildman–Crippen MR) is 58.8 cm³/mol. The van der Waals surface area contributed by atoms with E-state index in [2.05, 4.69) is 11.8 Å². The molecular weight excluding hydrogens is 208 g/mol. The SMILES string of the molecule is O=C(O)C#CCCCCOC1CCCCO1. The van der Waals surface area contributed by atoms with Gasteiger partial charge in [-0.1, -0.05) is 5.92 Å². The van der Waals surface area contributed by atoms with E-state index >= 15 is 0 Å². The van der Waals surface area contributed by atoms with E-state index in [4.69, 9.17) is 14.6 Å². The highest BCUT2D eigenvalue weighted by atomic mass is 16.7. The van der Waals surface area contributed by atoms with Crippen LogP contribution in [0, 0.1) is 11.8 Å². The van der Waals surface area contributed by atoms with E-state index < -0.39 is 5.97 Å². The average Bonchev–Trinajstić information content (AvgIpc) is 2.29. The molecule has 0 bridgehead atoms. The quantitative estimate of drug-likeness (QED) is 0.573. The number of carboxylic acids is 1. The summed E-state index contributed by atoms with van der Waals surface area (Å²) >= 11 is 0. The van der Waals surface area contributed by atoms with E-state index in [0.717, 1.165) is 32.3 Å². The van der Waals surface area contributed by atoms with Crippen molar-refractivity contribution in [1.29, 1.82) is 0 Å². The van der Waals surface area contributed by atoms with Crippen LogP contribution in [0.4, 0.5) is 0 Å². The lowest BCUT2D eigenvalue weighted by atomic mass is 10.2. The Balaban J connectivity index is 1.92. The highest BCUT2D eigenvalue weighted by Crippen LogP contribution is 2.13. The van der Waals surface area contributed by atoms with E-state index in [1.165, 1.54) is 6.42 Å². The van der Waals surface area contributed by atoms with Gasteiger partial charge in [-0.05, 0) is 32.1 Å². The Bertz CT molecular complexity index is 258. The number of hydrogen-bond acceptors (Lipinski definition) is 3. The molecule has 1 fully saturated rings. The molecule has 1 aliphatic heterocycles. The topological polar surface area (TPSA) is 55.8 Å². The lowest BCUT2D eigenvalue weighted by Gasteiger charge is -2.22. The van der Waals surface area contributed by atoms with Gasteiger partial charge in [0.25, 0.3) is 0 Å². The third-order valence-electron chi connectivity index (χ3n) is 2.33. The van der Waals surface area contributed by atoms with E-state index in [1.54, 1.807) is 0 Å². The van der Waals surface area contributed by atoms with Gasteiger partial charge in [0.1, 0.15) is 0 Å². The Hall–Kier alpha value is -1.05. The maximum atomic E-state index is 10.1. The Labute approximate surface area is 95.9 Å². The molecule has 90 valence electrons. The van der Waals surface area contributed by atoms with Crippen LogP contribution in [0.15, 0.2) is 0 Å². The van der Waals surface area contributed by atoms with Gasteiger partial charge in [-0.25, -0.2) is 4.79 Å². The Morgan fingerprint density at radius 1 is 1.44 bits per heavy atom. The number of unbranched alkanes of at least 4 members (excludes halogenated alkanes) is 2. The summed E-state index contributed by atoms with van der Waals surface area (Å²) in [6, 6.07) is 0. The maximum absolute atomic E-state index is 10.1. The van der Waals surface area contributed by atoms with Crippen molar-refractivity contribution in [1.82, 2.24) is 0 Å². The molecule has 0 aromatic rings. The third kappa shape index (κ3) is 6.44. The number of hydrogen-bond donors (Lipinski definition) is 1. The first-order chi connectivity index (χ1) is 7.79. The van der Waals surface area contributed by atoms with Crippen molar-refractivity contribution in [2.75, 3.05) is 13.2 Å². The van der Waals surface area contributed by atoms with Gasteiger partial charge in [-0.3, -0.25) is 0 Å². The molecule has 4 nitrogen and oxygen atoms in total. The fraction of sp³-hybridized carbons (Fsp3) is 0.750. The zero-order valence-electron chi connectivity index (χ0n) is 9.41. The first kappa shape index (κ1) is 13.0. The minimum Gasteiger partial charge on any atom is -0.472 e. The lowest BCUT2D eigenvalue weighted by Crippen LogP contribution is -2.22. The van der Waals surface area contributed by atoms with Crippen LogP contribution < -0.4 is 0 Å². The van der Waals surface area contributed by atoms with Gasteiger partial charge in [-0.15, -0.1) is 0 Å². The summed E-state index contributed by atoms with van der Waals surface area (Å²) < 4.78 is 10.9. The van der Waals surface area contributed by atoms with Crippen molar-refractivity contribution in [2.24, 2.45) is 0 Å². The summed E-state index contributed by atoms with van der Waals surface area (Å²) in [5, 5.41) is 8.27. The third-order valence-corrected chi connectivity index (χ3v) is 2.33. The van der Waals surface area contributed by atoms with E-state index in [1.807, 2.05) is 0 Å². The Morgan fingerprint density at radius 2 is 2.31 bits per heavy atom. The molecule has 0 saturated carbocycles. The van der Waals surface area contributed by atoms with Gasteiger partial charge in [0, 0.05) is 25.6 Å². The van der Waals surface area contributed by atoms with Crippen molar-refractivity contribution < 1.29 is 19.4 Å². The fourth-order valence-electron chi connectivity index (χ4n) is 1.51. The zero-order chi connectivity index (χ0) is 11.6. The largest absolute Gasteiger partial charge is 0.472 e. The summed E-state index contributed by atoms with van der Waals surface area (Å²) in [4.78, 5) is 10.1. The molecule has 0 aromatic heterocycles. The molecule has 16 heavy (non-hydrogen) atoms. The first-order valence-electron chi connectivity index (χ1n) is 5.74. The molecule has 0 amide bonds. The molecule has 0 spiro atoms. The van der Waals surface area contributed by atoms with Crippen LogP contribution in [0.25, 0.3) is 0 Å². The van der Waals surface area contributed by atoms with Crippen LogP contribution in [-0.2, 0) is 14.3 Å². The van der Waals surface area contributed by atoms with Crippen LogP contribution in [0.1, 0.15) is 38.5 Å². The van der Waals surface area contributed by atoms with Gasteiger partial charge in [0.2, 0.25) is 0 Å². The number of ether oxygens (including phenoxy) is 2. The monoisotopic (exact) mass is 226 g/mol. The lowest BCUT2D eigenvalue weighted by molar-refractivity contribution is -0.162. The average molecular weight is 226 g/mol. The first-order valence-corrected chi connectivity index (χ1v) is 5.74. The molecule has 1 atom stereocenters. The highest BCUT2D eigenvalue weighted by Gasteiger charge is 2.12. The number of aliphatic carboxylic acids is 1. The van der Waals surface area contributed by atoms with Crippen molar-refractivity contribution in [3.05, 3.63) is 0 Å². The number of carbonyl (C=O) groups is 1. The minimum atomic E-state index is -1.06. The van der Waals surface area contributed by atoms with Crippen LogP contribution in [0.3, 0.4) is 0 Å². The van der Waals surface area contributed by atoms with Gasteiger partial charge in [-0.2, -0.15) is 0 Å². The number of carboxylic acid groups (broad SMARTS) is 1. The van der Waals surface area contributed by atoms with Crippen molar-refractivity contribution >= 4 is 5.97 Å². The molecule has 1 N–H and O–H groups in total. The summed E-state index contributed by atoms with van der Waals surface area (Å²) in [5.41, 5.74) is 0. The van der Waals surface area contributed by atoms with Crippen LogP contribution in [0.5, 0.6) is 0 Å². The van der Waals surface area contributed by atoms with Crippen molar-refractivity contribution in [2.45, 2.75) is 44.8 Å². The molecule has 0 aliphatic carbocycles. The van der Waals surface area contributed by atoms with E-state index in [-0.39, 0.29) is 6.29 Å². The molecule has 1 saturated heterocycles. The molecule has 1 heterocycles. The van der Waals surface area contributed by atoms with Crippen LogP contribution >= 0.6 is 0 Å². The normalized spacial score (nSPS) is 19.9. The summed E-state index contributed by atoms with van der Waals surface area (Å²) in [6.07, 6.45) is 5.64. The number of rotatable bonds is 5. The molecule has 1 rings (SSSR count). The molecular formula is C12H18O4. The van der Waals surface area contributed by atoms with E-state index in [0.29, 0.717) is 13.0 Å². The molecule has 1 unspecified atom stereocenters. The van der Waals surface area contributed by atoms with Crippen LogP contribution in [-0.4, -0.2) is 30.6 Å². The van der Waals surface area contributed by atoms with E-state index in [9.17, 15) is 4.79 Å². The van der Waals surface area contributed by atoms with Crippen molar-refractivity contribution in [3.63, 3.8) is 0 Å². The summed E-state index contributed by atoms with van der Waals surface area (Å²) in [7, 11) is 0. The second-order valence-electron chi connectivity index (χ2n) is 3.73. The predicted octanol–water partition coefficient (Wildman–Crippen LogP) is 1.79. The Morgan fingerprint density at radius 3 is 3.00 bits per heavy atom. The fourth-order valence-corrected chi connectivity index (χ4v) is 1.51. The van der Waals surface area contributed by atoms with Gasteiger partial charge in [0.05, 0.1) is 0 Å². The van der Waals surface area contributed by atoms with Crippen LogP contribution in [0.2, 0.25) is 0 Å². The minimum absolute atomic E-state index is 0.0288. The zero-order valence-corrected chi connectivity index (χ0v) is 9.41. The highest BCUT2D eigenvalue weighted by molar-refractivity contribution is 5.86. The smallest absolute Gasteiger partial charge is 0.381 e. The van der Waals surface area contributed by atoms with Gasteiger partial charge < -0.3 is 14.6 Å². The summed E-state index contributed by atoms with van der Waals surface area (Å²) in [6.45, 7) is 1.47. The Kier molecular flexibility index (Phi) is 6.62. The molecule has 0 aromatic carbocycles. The standard InChI is InChI=1S/C12H18O4/c13-11(14)7-3-1-2-5-9-15-12-8-4-6-10-16-12/h12H,1-2,4-6,8-10H2,(H,13,14). The molecule has 0 radical (unpaired) electrons. The molecule has 4 heteroatoms. The second kappa shape index (κ2) is 8.14.